The Morgan fingerprint density at radius 2 is 1.61 bits per heavy atom. The van der Waals surface area contributed by atoms with E-state index in [9.17, 15) is 26.4 Å². The van der Waals surface area contributed by atoms with E-state index in [-0.39, 0.29) is 5.76 Å². The van der Waals surface area contributed by atoms with Crippen LogP contribution in [0.25, 0.3) is 17.9 Å². The third kappa shape index (κ3) is 5.13. The van der Waals surface area contributed by atoms with Gasteiger partial charge in [-0.05, 0) is 59.2 Å². The molecule has 0 radical (unpaired) electrons. The molecule has 0 N–H and O–H groups in total. The van der Waals surface area contributed by atoms with Crippen molar-refractivity contribution in [3.63, 3.8) is 0 Å². The van der Waals surface area contributed by atoms with Crippen molar-refractivity contribution in [3.8, 4) is 0 Å². The van der Waals surface area contributed by atoms with Crippen LogP contribution in [-0.4, -0.2) is 27.0 Å². The Hall–Kier alpha value is -3.07. The number of hydrogen-bond donors (Lipinski definition) is 0. The predicted molar refractivity (Wildman–Crippen MR) is 119 cm³/mol. The second-order valence-electron chi connectivity index (χ2n) is 8.41. The minimum Gasteiger partial charge on any atom is -0.465 e. The first-order chi connectivity index (χ1) is 15.2. The van der Waals surface area contributed by atoms with Crippen molar-refractivity contribution in [2.75, 3.05) is 7.11 Å². The largest absolute Gasteiger partial charge is 0.534 e. The normalized spacial score (nSPS) is 16.0. The van der Waals surface area contributed by atoms with E-state index in [4.69, 9.17) is 0 Å². The number of fused-ring (bicyclic) bond motifs is 1. The molecule has 0 atom stereocenters. The molecule has 0 amide bonds. The Bertz CT molecular complexity index is 1240. The van der Waals surface area contributed by atoms with Gasteiger partial charge in [0, 0.05) is 5.56 Å². The van der Waals surface area contributed by atoms with Gasteiger partial charge in [-0.3, -0.25) is 0 Å². The van der Waals surface area contributed by atoms with Crippen LogP contribution in [-0.2, 0) is 24.5 Å². The second kappa shape index (κ2) is 8.70. The Kier molecular flexibility index (Phi) is 6.48. The summed E-state index contributed by atoms with van der Waals surface area (Å²) in [4.78, 5) is 11.5. The number of benzene rings is 2. The molecule has 176 valence electrons. The highest BCUT2D eigenvalue weighted by Gasteiger charge is 2.49. The van der Waals surface area contributed by atoms with Gasteiger partial charge in [0.25, 0.3) is 0 Å². The van der Waals surface area contributed by atoms with Crippen LogP contribution in [0.4, 0.5) is 13.2 Å². The van der Waals surface area contributed by atoms with Gasteiger partial charge in [0.05, 0.1) is 12.7 Å². The standard InChI is InChI=1S/C24H23F3O5S/c1-15-14-23(2,3)20-12-9-17(6-5-16-7-10-18(11-8-16)22(28)31-4)13-19(20)21(15)32-33(29,30)24(25,26)27/h5-13H,14H2,1-4H3. The lowest BCUT2D eigenvalue weighted by molar-refractivity contribution is -0.0509. The number of rotatable bonds is 5. The number of ether oxygens (including phenoxy) is 1. The summed E-state index contributed by atoms with van der Waals surface area (Å²) >= 11 is 0. The molecule has 1 aliphatic carbocycles. The summed E-state index contributed by atoms with van der Waals surface area (Å²) in [5, 5.41) is 0. The van der Waals surface area contributed by atoms with E-state index < -0.39 is 27.0 Å². The fourth-order valence-electron chi connectivity index (χ4n) is 3.83. The topological polar surface area (TPSA) is 69.7 Å². The highest BCUT2D eigenvalue weighted by molar-refractivity contribution is 7.87. The van der Waals surface area contributed by atoms with E-state index in [2.05, 4.69) is 8.92 Å². The van der Waals surface area contributed by atoms with Crippen LogP contribution in [0, 0.1) is 0 Å². The zero-order chi connectivity index (χ0) is 24.6. The van der Waals surface area contributed by atoms with Crippen molar-refractivity contribution in [1.82, 2.24) is 0 Å². The molecule has 0 heterocycles. The molecule has 0 saturated heterocycles. The van der Waals surface area contributed by atoms with Crippen LogP contribution >= 0.6 is 0 Å². The van der Waals surface area contributed by atoms with Gasteiger partial charge >= 0.3 is 21.6 Å². The van der Waals surface area contributed by atoms with E-state index in [1.54, 1.807) is 61.5 Å². The monoisotopic (exact) mass is 480 g/mol. The van der Waals surface area contributed by atoms with Gasteiger partial charge in [-0.25, -0.2) is 4.79 Å². The summed E-state index contributed by atoms with van der Waals surface area (Å²) in [5.74, 6) is -0.745. The molecule has 5 nitrogen and oxygen atoms in total. The Morgan fingerprint density at radius 1 is 1.03 bits per heavy atom. The third-order valence-electron chi connectivity index (χ3n) is 5.39. The smallest absolute Gasteiger partial charge is 0.465 e. The third-order valence-corrected chi connectivity index (χ3v) is 6.34. The first kappa shape index (κ1) is 24.6. The first-order valence-corrected chi connectivity index (χ1v) is 11.4. The fraction of sp³-hybridized carbons (Fsp3) is 0.292. The highest BCUT2D eigenvalue weighted by atomic mass is 32.2. The number of esters is 1. The molecule has 2 aromatic rings. The fourth-order valence-corrected chi connectivity index (χ4v) is 4.37. The van der Waals surface area contributed by atoms with E-state index in [1.165, 1.54) is 7.11 Å². The molecule has 2 aromatic carbocycles. The first-order valence-electron chi connectivity index (χ1n) is 9.97. The number of carbonyl (C=O) groups is 1. The predicted octanol–water partition coefficient (Wildman–Crippen LogP) is 5.92. The maximum Gasteiger partial charge on any atom is 0.534 e. The number of alkyl halides is 3. The van der Waals surface area contributed by atoms with Gasteiger partial charge in [0.15, 0.2) is 0 Å². The van der Waals surface area contributed by atoms with Crippen LogP contribution in [0.3, 0.4) is 0 Å². The average Bonchev–Trinajstić information content (AvgIpc) is 2.73. The Morgan fingerprint density at radius 3 is 2.18 bits per heavy atom. The lowest BCUT2D eigenvalue weighted by Gasteiger charge is -2.34. The summed E-state index contributed by atoms with van der Waals surface area (Å²) in [6.07, 6.45) is 3.85. The van der Waals surface area contributed by atoms with Crippen LogP contribution < -0.4 is 0 Å². The van der Waals surface area contributed by atoms with E-state index in [0.717, 1.165) is 5.56 Å². The van der Waals surface area contributed by atoms with Crippen molar-refractivity contribution < 1.29 is 35.3 Å². The van der Waals surface area contributed by atoms with Crippen molar-refractivity contribution in [1.29, 1.82) is 0 Å². The van der Waals surface area contributed by atoms with Crippen molar-refractivity contribution >= 4 is 34.0 Å². The number of allylic oxidation sites excluding steroid dienone is 1. The summed E-state index contributed by atoms with van der Waals surface area (Å²) in [7, 11) is -4.51. The highest BCUT2D eigenvalue weighted by Crippen LogP contribution is 2.45. The number of halogens is 3. The SMILES string of the molecule is COC(=O)c1ccc(C=Cc2ccc3c(c2)C(OS(=O)(=O)C(F)(F)F)=C(C)CC3(C)C)cc1. The molecule has 0 fully saturated rings. The molecule has 0 unspecified atom stereocenters. The lowest BCUT2D eigenvalue weighted by Crippen LogP contribution is -2.29. The van der Waals surface area contributed by atoms with Gasteiger partial charge in [-0.15, -0.1) is 0 Å². The van der Waals surface area contributed by atoms with Crippen LogP contribution in [0.2, 0.25) is 0 Å². The minimum absolute atomic E-state index is 0.292. The lowest BCUT2D eigenvalue weighted by atomic mass is 9.72. The molecule has 33 heavy (non-hydrogen) atoms. The zero-order valence-electron chi connectivity index (χ0n) is 18.5. The van der Waals surface area contributed by atoms with Crippen LogP contribution in [0.1, 0.15) is 59.8 Å². The second-order valence-corrected chi connectivity index (χ2v) is 9.94. The Labute approximate surface area is 190 Å². The average molecular weight is 481 g/mol. The molecule has 0 aromatic heterocycles. The molecule has 1 aliphatic rings. The number of hydrogen-bond acceptors (Lipinski definition) is 5. The van der Waals surface area contributed by atoms with Gasteiger partial charge in [-0.1, -0.05) is 50.3 Å². The van der Waals surface area contributed by atoms with Gasteiger partial charge in [0.2, 0.25) is 0 Å². The maximum absolute atomic E-state index is 13.0. The number of carbonyl (C=O) groups excluding carboxylic acids is 1. The van der Waals surface area contributed by atoms with Gasteiger partial charge in [0.1, 0.15) is 5.76 Å². The van der Waals surface area contributed by atoms with E-state index >= 15 is 0 Å². The quantitative estimate of drug-likeness (QED) is 0.230. The molecule has 0 aliphatic heterocycles. The van der Waals surface area contributed by atoms with Gasteiger partial charge < -0.3 is 8.92 Å². The van der Waals surface area contributed by atoms with Crippen LogP contribution in [0.15, 0.2) is 48.0 Å². The maximum atomic E-state index is 13.0. The summed E-state index contributed by atoms with van der Waals surface area (Å²) in [6.45, 7) is 5.43. The molecular weight excluding hydrogens is 457 g/mol. The molecule has 0 saturated carbocycles. The van der Waals surface area contributed by atoms with E-state index in [1.807, 2.05) is 13.8 Å². The number of methoxy groups -OCH3 is 1. The summed E-state index contributed by atoms with van der Waals surface area (Å²) in [6, 6.07) is 11.8. The molecule has 9 heteroatoms. The molecule has 3 rings (SSSR count). The van der Waals surface area contributed by atoms with Crippen molar-refractivity contribution in [2.24, 2.45) is 0 Å². The van der Waals surface area contributed by atoms with E-state index in [0.29, 0.717) is 34.2 Å². The van der Waals surface area contributed by atoms with Gasteiger partial charge in [-0.2, -0.15) is 21.6 Å². The van der Waals surface area contributed by atoms with Crippen LogP contribution in [0.5, 0.6) is 0 Å². The summed E-state index contributed by atoms with van der Waals surface area (Å²) < 4.78 is 71.5. The zero-order valence-corrected chi connectivity index (χ0v) is 19.3. The Balaban J connectivity index is 1.98. The van der Waals surface area contributed by atoms with Crippen molar-refractivity contribution in [3.05, 3.63) is 75.9 Å². The molecular formula is C24H23F3O5S. The minimum atomic E-state index is -5.81. The molecule has 0 bridgehead atoms. The van der Waals surface area contributed by atoms with Crippen molar-refractivity contribution in [2.45, 2.75) is 38.1 Å². The molecule has 0 spiro atoms. The summed E-state index contributed by atoms with van der Waals surface area (Å²) in [5.41, 5.74) is -2.70.